The van der Waals surface area contributed by atoms with Crippen LogP contribution in [0.5, 0.6) is 0 Å². The third-order valence-electron chi connectivity index (χ3n) is 8.14. The van der Waals surface area contributed by atoms with Gasteiger partial charge in [-0.1, -0.05) is 23.7 Å². The molecule has 12 heteroatoms. The Hall–Kier alpha value is -4.25. The highest BCUT2D eigenvalue weighted by Gasteiger charge is 2.46. The van der Waals surface area contributed by atoms with Crippen molar-refractivity contribution in [3.05, 3.63) is 87.3 Å². The van der Waals surface area contributed by atoms with Crippen molar-refractivity contribution < 1.29 is 22.8 Å². The predicted molar refractivity (Wildman–Crippen MR) is 158 cm³/mol. The molecule has 1 aliphatic heterocycles. The topological polar surface area (TPSA) is 111 Å². The number of nitrogens with zero attached hydrogens (tertiary/aromatic N) is 3. The fourth-order valence-electron chi connectivity index (χ4n) is 5.58. The molecular formula is C31H30ClF3N6O2. The monoisotopic (exact) mass is 610 g/mol. The smallest absolute Gasteiger partial charge is 0.276 e. The Morgan fingerprint density at radius 2 is 1.93 bits per heavy atom. The molecule has 0 bridgehead atoms. The van der Waals surface area contributed by atoms with Crippen LogP contribution < -0.4 is 15.5 Å². The van der Waals surface area contributed by atoms with E-state index in [-0.39, 0.29) is 45.7 Å². The van der Waals surface area contributed by atoms with Crippen LogP contribution >= 0.6 is 11.6 Å². The lowest BCUT2D eigenvalue weighted by atomic mass is 9.76. The molecule has 3 N–H and O–H groups in total. The first-order valence-corrected chi connectivity index (χ1v) is 14.2. The third-order valence-corrected chi connectivity index (χ3v) is 8.43. The molecule has 0 radical (unpaired) electrons. The van der Waals surface area contributed by atoms with Crippen molar-refractivity contribution in [1.29, 1.82) is 5.41 Å². The summed E-state index contributed by atoms with van der Waals surface area (Å²) in [5.41, 5.74) is 1.43. The minimum absolute atomic E-state index is 0.0954. The van der Waals surface area contributed by atoms with Crippen molar-refractivity contribution in [2.24, 2.45) is 11.8 Å². The van der Waals surface area contributed by atoms with Gasteiger partial charge >= 0.3 is 0 Å². The van der Waals surface area contributed by atoms with Crippen molar-refractivity contribution in [2.75, 3.05) is 11.4 Å². The summed E-state index contributed by atoms with van der Waals surface area (Å²) in [5.74, 6) is -1.04. The minimum atomic E-state index is -3.01. The molecule has 1 unspecified atom stereocenters. The number of halogens is 4. The maximum Gasteiger partial charge on any atom is 0.276 e. The summed E-state index contributed by atoms with van der Waals surface area (Å²) in [6.45, 7) is 6.14. The Morgan fingerprint density at radius 3 is 2.53 bits per heavy atom. The van der Waals surface area contributed by atoms with Crippen molar-refractivity contribution in [3.63, 3.8) is 0 Å². The lowest BCUT2D eigenvalue weighted by Crippen LogP contribution is -2.28. The second-order valence-electron chi connectivity index (χ2n) is 10.8. The highest BCUT2D eigenvalue weighted by atomic mass is 35.5. The fraction of sp³-hybridized carbons (Fsp3) is 0.323. The summed E-state index contributed by atoms with van der Waals surface area (Å²) in [6.07, 6.45) is 2.54. The van der Waals surface area contributed by atoms with E-state index in [9.17, 15) is 22.8 Å². The van der Waals surface area contributed by atoms with Crippen LogP contribution in [0.4, 0.5) is 18.9 Å². The van der Waals surface area contributed by atoms with E-state index in [1.54, 1.807) is 0 Å². The normalized spacial score (nSPS) is 18.7. The molecule has 1 aromatic heterocycles. The maximum atomic E-state index is 14.8. The maximum absolute atomic E-state index is 14.8. The molecule has 2 fully saturated rings. The molecule has 3 atom stereocenters. The molecule has 1 aliphatic carbocycles. The quantitative estimate of drug-likeness (QED) is 0.242. The van der Waals surface area contributed by atoms with E-state index in [4.69, 9.17) is 17.0 Å². The average Bonchev–Trinajstić information content (AvgIpc) is 3.18. The van der Waals surface area contributed by atoms with Crippen LogP contribution in [0, 0.1) is 36.9 Å². The van der Waals surface area contributed by atoms with E-state index in [0.29, 0.717) is 5.92 Å². The number of carbonyl (C=O) groups is 2. The first kappa shape index (κ1) is 30.2. The van der Waals surface area contributed by atoms with Gasteiger partial charge in [0.25, 0.3) is 12.3 Å². The highest BCUT2D eigenvalue weighted by Crippen LogP contribution is 2.43. The average molecular weight is 611 g/mol. The lowest BCUT2D eigenvalue weighted by molar-refractivity contribution is -0.123. The Bertz CT molecular complexity index is 1650. The van der Waals surface area contributed by atoms with Crippen molar-refractivity contribution in [2.45, 2.75) is 46.1 Å². The van der Waals surface area contributed by atoms with E-state index in [2.05, 4.69) is 20.6 Å². The van der Waals surface area contributed by atoms with Gasteiger partial charge in [-0.25, -0.2) is 18.2 Å². The number of anilines is 1. The predicted octanol–water partition coefficient (Wildman–Crippen LogP) is 6.43. The Kier molecular flexibility index (Phi) is 8.55. The Morgan fingerprint density at radius 1 is 1.19 bits per heavy atom. The molecule has 2 amide bonds. The van der Waals surface area contributed by atoms with Crippen LogP contribution in [0.15, 0.2) is 48.4 Å². The molecule has 2 heterocycles. The van der Waals surface area contributed by atoms with Gasteiger partial charge in [0.05, 0.1) is 28.3 Å². The fourth-order valence-corrected chi connectivity index (χ4v) is 5.74. The first-order valence-electron chi connectivity index (χ1n) is 13.8. The van der Waals surface area contributed by atoms with Gasteiger partial charge in [0.1, 0.15) is 5.69 Å². The Labute approximate surface area is 251 Å². The Balaban J connectivity index is 1.31. The molecule has 2 aromatic carbocycles. The van der Waals surface area contributed by atoms with E-state index in [0.717, 1.165) is 60.7 Å². The number of carbonyl (C=O) groups excluding carboxylic acids is 2. The van der Waals surface area contributed by atoms with Crippen LogP contribution in [0.1, 0.15) is 65.1 Å². The molecule has 43 heavy (non-hydrogen) atoms. The summed E-state index contributed by atoms with van der Waals surface area (Å²) in [6, 6.07) is 7.70. The number of allylic oxidation sites excluding steroid dienone is 1. The number of nitrogens with one attached hydrogen (secondary N) is 3. The summed E-state index contributed by atoms with van der Waals surface area (Å²) < 4.78 is 42.0. The number of fused-ring (bicyclic) bond motifs is 1. The molecule has 8 nitrogen and oxygen atoms in total. The molecule has 1 saturated heterocycles. The number of rotatable bonds is 9. The first-order chi connectivity index (χ1) is 20.5. The van der Waals surface area contributed by atoms with Crippen LogP contribution in [0.25, 0.3) is 11.3 Å². The zero-order chi connectivity index (χ0) is 31.0. The molecule has 0 spiro atoms. The van der Waals surface area contributed by atoms with E-state index in [1.165, 1.54) is 13.1 Å². The van der Waals surface area contributed by atoms with Crippen LogP contribution in [-0.2, 0) is 4.79 Å². The third kappa shape index (κ3) is 5.86. The summed E-state index contributed by atoms with van der Waals surface area (Å²) >= 11 is 5.83. The largest absolute Gasteiger partial charge is 0.383 e. The highest BCUT2D eigenvalue weighted by molar-refractivity contribution is 6.31. The number of hydrogen-bond donors (Lipinski definition) is 3. The van der Waals surface area contributed by atoms with Crippen molar-refractivity contribution in [3.8, 4) is 11.3 Å². The van der Waals surface area contributed by atoms with Crippen LogP contribution in [0.3, 0.4) is 0 Å². The molecule has 3 aromatic rings. The van der Waals surface area contributed by atoms with Crippen molar-refractivity contribution >= 4 is 35.3 Å². The standard InChI is InChI=1S/C31H30ClF3N6O2/c1-15-10-20(41-14-18-4-6-22(18)31(41)43)5-7-21(15)16(2)37-12-19(11-36)39-30(42)28-17(3)38-13-25(40-28)26-23(29(34)35)8-9-24(32)27(26)33/h5,7-13,16,18,22,29,36-37H,4,6,14H2,1-3H3,(H,39,42)/b19-12+,36-11?/t16?,18-,22-/m1/s1. The molecule has 5 rings (SSSR count). The summed E-state index contributed by atoms with van der Waals surface area (Å²) in [7, 11) is 0. The van der Waals surface area contributed by atoms with E-state index >= 15 is 0 Å². The van der Waals surface area contributed by atoms with Gasteiger partial charge in [-0.15, -0.1) is 0 Å². The van der Waals surface area contributed by atoms with Gasteiger partial charge in [0.15, 0.2) is 5.82 Å². The molecular weight excluding hydrogens is 581 g/mol. The SMILES string of the molecule is Cc1cc(N2C[C@H]3CC[C@H]3C2=O)ccc1C(C)N/C=C(\C=N)NC(=O)c1nc(-c2c(C(F)F)ccc(Cl)c2F)cnc1C. The zero-order valence-electron chi connectivity index (χ0n) is 23.7. The van der Waals surface area contributed by atoms with Gasteiger partial charge in [-0.2, -0.15) is 0 Å². The number of aromatic nitrogens is 2. The van der Waals surface area contributed by atoms with Gasteiger partial charge in [-0.3, -0.25) is 14.6 Å². The van der Waals surface area contributed by atoms with Gasteiger partial charge in [-0.05, 0) is 68.9 Å². The number of hydrogen-bond acceptors (Lipinski definition) is 6. The number of amides is 2. The van der Waals surface area contributed by atoms with Crippen LogP contribution in [0.2, 0.25) is 5.02 Å². The van der Waals surface area contributed by atoms with E-state index in [1.807, 2.05) is 36.9 Å². The zero-order valence-corrected chi connectivity index (χ0v) is 24.5. The summed E-state index contributed by atoms with van der Waals surface area (Å²) in [5, 5.41) is 13.1. The summed E-state index contributed by atoms with van der Waals surface area (Å²) in [4.78, 5) is 35.8. The molecule has 224 valence electrons. The van der Waals surface area contributed by atoms with Gasteiger partial charge in [0.2, 0.25) is 5.91 Å². The number of aryl methyl sites for hydroxylation is 2. The van der Waals surface area contributed by atoms with Gasteiger partial charge in [0, 0.05) is 47.7 Å². The van der Waals surface area contributed by atoms with Crippen molar-refractivity contribution in [1.82, 2.24) is 20.6 Å². The number of alkyl halides is 2. The molecule has 1 saturated carbocycles. The minimum Gasteiger partial charge on any atom is -0.383 e. The second-order valence-corrected chi connectivity index (χ2v) is 11.2. The van der Waals surface area contributed by atoms with Crippen LogP contribution in [-0.4, -0.2) is 34.5 Å². The lowest BCUT2D eigenvalue weighted by Gasteiger charge is -2.25. The molecule has 2 aliphatic rings. The number of benzene rings is 2. The second kappa shape index (κ2) is 12.2. The van der Waals surface area contributed by atoms with E-state index < -0.39 is 29.3 Å². The van der Waals surface area contributed by atoms with Gasteiger partial charge < -0.3 is 20.9 Å².